The molecular formula is C65H126O17P2. The van der Waals surface area contributed by atoms with E-state index >= 15 is 0 Å². The molecule has 6 atom stereocenters. The van der Waals surface area contributed by atoms with Gasteiger partial charge in [0, 0.05) is 25.7 Å². The number of esters is 4. The van der Waals surface area contributed by atoms with E-state index in [0.717, 1.165) is 114 Å². The van der Waals surface area contributed by atoms with Crippen molar-refractivity contribution in [2.24, 2.45) is 23.7 Å². The highest BCUT2D eigenvalue weighted by Crippen LogP contribution is 2.45. The highest BCUT2D eigenvalue weighted by Gasteiger charge is 2.30. The van der Waals surface area contributed by atoms with Gasteiger partial charge in [-0.3, -0.25) is 37.3 Å². The molecule has 0 aromatic carbocycles. The van der Waals surface area contributed by atoms with E-state index < -0.39 is 97.5 Å². The molecule has 19 heteroatoms. The fourth-order valence-electron chi connectivity index (χ4n) is 9.57. The van der Waals surface area contributed by atoms with E-state index in [9.17, 15) is 43.2 Å². The molecule has 0 radical (unpaired) electrons. The van der Waals surface area contributed by atoms with Gasteiger partial charge in [0.25, 0.3) is 0 Å². The predicted octanol–water partition coefficient (Wildman–Crippen LogP) is 17.8. The van der Waals surface area contributed by atoms with Crippen molar-refractivity contribution in [1.82, 2.24) is 0 Å². The second-order valence-corrected chi connectivity index (χ2v) is 28.1. The molecule has 0 spiro atoms. The molecule has 0 amide bonds. The molecule has 84 heavy (non-hydrogen) atoms. The highest BCUT2D eigenvalue weighted by molar-refractivity contribution is 7.47. The van der Waals surface area contributed by atoms with Crippen LogP contribution < -0.4 is 0 Å². The quantitative estimate of drug-likeness (QED) is 0.0222. The number of hydrogen-bond acceptors (Lipinski definition) is 15. The summed E-state index contributed by atoms with van der Waals surface area (Å²) in [5, 5.41) is 10.5. The first-order valence-corrected chi connectivity index (χ1v) is 36.7. The molecular weight excluding hydrogens is 1110 g/mol. The SMILES string of the molecule is CCC(C)CCCCCCCCC(=O)O[C@H](COC(=O)CCCCCCCCCC(C)C)COP(=O)(O)OCC(O)COP(=O)(O)OC[C@@H](COC(=O)CCCCCCCCCCC(C)C)OC(=O)CCCCCCCCCCCCC(C)C. The summed E-state index contributed by atoms with van der Waals surface area (Å²) in [6.07, 6.45) is 35.0. The van der Waals surface area contributed by atoms with Gasteiger partial charge < -0.3 is 33.8 Å². The van der Waals surface area contributed by atoms with Crippen molar-refractivity contribution in [3.05, 3.63) is 0 Å². The van der Waals surface area contributed by atoms with Gasteiger partial charge >= 0.3 is 39.5 Å². The number of unbranched alkanes of at least 4 members (excludes halogenated alkanes) is 27. The Morgan fingerprint density at radius 2 is 0.571 bits per heavy atom. The van der Waals surface area contributed by atoms with Gasteiger partial charge in [0.1, 0.15) is 19.3 Å². The smallest absolute Gasteiger partial charge is 0.462 e. The molecule has 0 heterocycles. The fourth-order valence-corrected chi connectivity index (χ4v) is 11.2. The maximum absolute atomic E-state index is 13.0. The number of ether oxygens (including phenoxy) is 4. The standard InChI is InChI=1S/C65H126O17P2/c1-9-58(8)44-36-28-23-24-32-40-48-65(70)82-61(52-76-63(68)46-38-30-22-16-19-27-35-43-57(6)7)54-80-84(73,74)78-50-59(66)49-77-83(71,72)79-53-60(51-75-62(67)45-37-29-20-15-14-18-26-34-42-56(4)5)81-64(69)47-39-31-21-13-11-10-12-17-25-33-41-55(2)3/h55-61,66H,9-54H2,1-8H3,(H,71,72)(H,73,74)/t58?,59?,60-,61-/m1/s1. The van der Waals surface area contributed by atoms with Crippen molar-refractivity contribution in [2.45, 2.75) is 331 Å². The number of phosphoric acid groups is 2. The largest absolute Gasteiger partial charge is 0.472 e. The molecule has 0 fully saturated rings. The summed E-state index contributed by atoms with van der Waals surface area (Å²) < 4.78 is 68.0. The lowest BCUT2D eigenvalue weighted by Gasteiger charge is -2.21. The van der Waals surface area contributed by atoms with E-state index in [1.54, 1.807) is 0 Å². The molecule has 0 bridgehead atoms. The number of aliphatic hydroxyl groups is 1. The van der Waals surface area contributed by atoms with Crippen LogP contribution in [-0.4, -0.2) is 96.7 Å². The van der Waals surface area contributed by atoms with Crippen LogP contribution in [0.5, 0.6) is 0 Å². The van der Waals surface area contributed by atoms with E-state index in [2.05, 4.69) is 55.4 Å². The minimum absolute atomic E-state index is 0.101. The summed E-state index contributed by atoms with van der Waals surface area (Å²) in [5.41, 5.74) is 0. The van der Waals surface area contributed by atoms with Gasteiger partial charge in [0.05, 0.1) is 26.4 Å². The normalized spacial score (nSPS) is 14.7. The van der Waals surface area contributed by atoms with Crippen LogP contribution in [0.1, 0.15) is 312 Å². The first-order chi connectivity index (χ1) is 40.1. The molecule has 0 rings (SSSR count). The lowest BCUT2D eigenvalue weighted by atomic mass is 10.00. The fraction of sp³-hybridized carbons (Fsp3) is 0.938. The molecule has 0 aliphatic rings. The summed E-state index contributed by atoms with van der Waals surface area (Å²) in [6.45, 7) is 14.0. The van der Waals surface area contributed by atoms with Crippen molar-refractivity contribution in [3.63, 3.8) is 0 Å². The molecule has 498 valence electrons. The van der Waals surface area contributed by atoms with E-state index in [-0.39, 0.29) is 25.7 Å². The average molecular weight is 1240 g/mol. The summed E-state index contributed by atoms with van der Waals surface area (Å²) in [7, 11) is -9.89. The monoisotopic (exact) mass is 1240 g/mol. The van der Waals surface area contributed by atoms with Crippen LogP contribution in [0, 0.1) is 23.7 Å². The van der Waals surface area contributed by atoms with Crippen LogP contribution in [0.4, 0.5) is 0 Å². The summed E-state index contributed by atoms with van der Waals surface area (Å²) in [5.74, 6) is 0.763. The Kier molecular flexibility index (Phi) is 53.9. The van der Waals surface area contributed by atoms with Gasteiger partial charge in [-0.25, -0.2) is 9.13 Å². The number of carbonyl (C=O) groups is 4. The van der Waals surface area contributed by atoms with Crippen LogP contribution in [0.25, 0.3) is 0 Å². The minimum atomic E-state index is -4.95. The Morgan fingerprint density at radius 3 is 0.845 bits per heavy atom. The zero-order valence-electron chi connectivity index (χ0n) is 54.5. The van der Waals surface area contributed by atoms with E-state index in [1.807, 2.05) is 0 Å². The summed E-state index contributed by atoms with van der Waals surface area (Å²) >= 11 is 0. The van der Waals surface area contributed by atoms with Crippen molar-refractivity contribution in [2.75, 3.05) is 39.6 Å². The van der Waals surface area contributed by atoms with Crippen molar-refractivity contribution in [3.8, 4) is 0 Å². The Morgan fingerprint density at radius 1 is 0.333 bits per heavy atom. The zero-order valence-corrected chi connectivity index (χ0v) is 56.3. The van der Waals surface area contributed by atoms with Gasteiger partial charge in [0.15, 0.2) is 12.2 Å². The van der Waals surface area contributed by atoms with Crippen molar-refractivity contribution < 1.29 is 80.2 Å². The first kappa shape index (κ1) is 82.1. The summed E-state index contributed by atoms with van der Waals surface area (Å²) in [6, 6.07) is 0. The molecule has 0 aliphatic carbocycles. The number of aliphatic hydroxyl groups excluding tert-OH is 1. The van der Waals surface area contributed by atoms with Crippen LogP contribution in [0.3, 0.4) is 0 Å². The number of phosphoric ester groups is 2. The highest BCUT2D eigenvalue weighted by atomic mass is 31.2. The van der Waals surface area contributed by atoms with E-state index in [1.165, 1.54) is 109 Å². The molecule has 0 saturated carbocycles. The third-order valence-corrected chi connectivity index (χ3v) is 17.1. The maximum Gasteiger partial charge on any atom is 0.472 e. The number of hydrogen-bond donors (Lipinski definition) is 3. The van der Waals surface area contributed by atoms with Gasteiger partial charge in [0.2, 0.25) is 0 Å². The topological polar surface area (TPSA) is 237 Å². The zero-order chi connectivity index (χ0) is 62.5. The summed E-state index contributed by atoms with van der Waals surface area (Å²) in [4.78, 5) is 72.3. The minimum Gasteiger partial charge on any atom is -0.462 e. The Balaban J connectivity index is 5.26. The molecule has 0 aliphatic heterocycles. The second-order valence-electron chi connectivity index (χ2n) is 25.2. The van der Waals surface area contributed by atoms with Gasteiger partial charge in [-0.2, -0.15) is 0 Å². The Labute approximate surface area is 511 Å². The van der Waals surface area contributed by atoms with Gasteiger partial charge in [-0.1, -0.05) is 261 Å². The maximum atomic E-state index is 13.0. The van der Waals surface area contributed by atoms with Crippen molar-refractivity contribution >= 4 is 39.5 Å². The van der Waals surface area contributed by atoms with Crippen LogP contribution in [-0.2, 0) is 65.4 Å². The third-order valence-electron chi connectivity index (χ3n) is 15.2. The lowest BCUT2D eigenvalue weighted by Crippen LogP contribution is -2.30. The van der Waals surface area contributed by atoms with E-state index in [0.29, 0.717) is 31.6 Å². The number of rotatable bonds is 62. The molecule has 17 nitrogen and oxygen atoms in total. The molecule has 0 saturated heterocycles. The van der Waals surface area contributed by atoms with Crippen LogP contribution >= 0.6 is 15.6 Å². The van der Waals surface area contributed by atoms with Gasteiger partial charge in [-0.15, -0.1) is 0 Å². The van der Waals surface area contributed by atoms with Crippen molar-refractivity contribution in [1.29, 1.82) is 0 Å². The first-order valence-electron chi connectivity index (χ1n) is 33.7. The second kappa shape index (κ2) is 55.2. The van der Waals surface area contributed by atoms with Crippen LogP contribution in [0.2, 0.25) is 0 Å². The Hall–Kier alpha value is -1.94. The average Bonchev–Trinajstić information content (AvgIpc) is 3.55. The van der Waals surface area contributed by atoms with Gasteiger partial charge in [-0.05, 0) is 49.4 Å². The molecule has 0 aromatic heterocycles. The Bertz CT molecular complexity index is 1680. The number of carbonyl (C=O) groups excluding carboxylic acids is 4. The molecule has 0 aromatic rings. The molecule has 4 unspecified atom stereocenters. The van der Waals surface area contributed by atoms with Crippen LogP contribution in [0.15, 0.2) is 0 Å². The predicted molar refractivity (Wildman–Crippen MR) is 335 cm³/mol. The lowest BCUT2D eigenvalue weighted by molar-refractivity contribution is -0.161. The molecule has 3 N–H and O–H groups in total. The van der Waals surface area contributed by atoms with E-state index in [4.69, 9.17) is 37.0 Å². The third kappa shape index (κ3) is 57.8.